The van der Waals surface area contributed by atoms with Crippen LogP contribution in [0.15, 0.2) is 12.5 Å². The van der Waals surface area contributed by atoms with Crippen molar-refractivity contribution in [3.05, 3.63) is 24.0 Å². The number of carbonyl (C=O) groups is 1. The van der Waals surface area contributed by atoms with Gasteiger partial charge in [-0.25, -0.2) is 4.98 Å². The van der Waals surface area contributed by atoms with Crippen molar-refractivity contribution >= 4 is 11.6 Å². The van der Waals surface area contributed by atoms with E-state index in [2.05, 4.69) is 20.5 Å². The van der Waals surface area contributed by atoms with Crippen LogP contribution in [0.1, 0.15) is 23.2 Å². The molecule has 0 fully saturated rings. The van der Waals surface area contributed by atoms with E-state index in [-0.39, 0.29) is 5.91 Å². The molecule has 0 spiro atoms. The predicted molar refractivity (Wildman–Crippen MR) is 69.4 cm³/mol. The molecule has 0 aromatic carbocycles. The number of hydrogen-bond acceptors (Lipinski definition) is 5. The highest BCUT2D eigenvalue weighted by atomic mass is 16.2. The molecular formula is C11H17N7O. The monoisotopic (exact) mass is 263 g/mol. The first-order valence-corrected chi connectivity index (χ1v) is 6.05. The Morgan fingerprint density at radius 3 is 2.95 bits per heavy atom. The van der Waals surface area contributed by atoms with Crippen molar-refractivity contribution in [2.24, 2.45) is 7.05 Å². The fourth-order valence-electron chi connectivity index (χ4n) is 1.76. The molecule has 0 radical (unpaired) electrons. The van der Waals surface area contributed by atoms with Gasteiger partial charge in [-0.05, 0) is 6.92 Å². The highest BCUT2D eigenvalue weighted by molar-refractivity contribution is 5.97. The van der Waals surface area contributed by atoms with Gasteiger partial charge in [0.15, 0.2) is 5.82 Å². The fraction of sp³-hybridized carbons (Fsp3) is 0.455. The lowest BCUT2D eigenvalue weighted by atomic mass is 10.3. The molecule has 0 saturated carbocycles. The number of nitrogens with two attached hydrogens (primary N) is 1. The number of hydrogen-bond donors (Lipinski definition) is 2. The summed E-state index contributed by atoms with van der Waals surface area (Å²) in [6.45, 7) is 2.96. The van der Waals surface area contributed by atoms with Crippen molar-refractivity contribution in [2.45, 2.75) is 19.9 Å². The van der Waals surface area contributed by atoms with E-state index in [1.165, 1.54) is 6.20 Å². The van der Waals surface area contributed by atoms with Crippen LogP contribution in [0, 0.1) is 0 Å². The van der Waals surface area contributed by atoms with Gasteiger partial charge in [0, 0.05) is 26.6 Å². The molecule has 102 valence electrons. The van der Waals surface area contributed by atoms with Gasteiger partial charge >= 0.3 is 0 Å². The third-order valence-electron chi connectivity index (χ3n) is 2.66. The zero-order chi connectivity index (χ0) is 13.8. The summed E-state index contributed by atoms with van der Waals surface area (Å²) >= 11 is 0. The molecule has 2 rings (SSSR count). The summed E-state index contributed by atoms with van der Waals surface area (Å²) in [7, 11) is 1.80. The normalized spacial score (nSPS) is 10.6. The Bertz CT molecular complexity index is 571. The summed E-state index contributed by atoms with van der Waals surface area (Å²) < 4.78 is 3.20. The Labute approximate surface area is 110 Å². The second kappa shape index (κ2) is 5.51. The summed E-state index contributed by atoms with van der Waals surface area (Å²) in [5.74, 6) is 0.465. The molecule has 1 amide bonds. The highest BCUT2D eigenvalue weighted by Crippen LogP contribution is 2.10. The van der Waals surface area contributed by atoms with Gasteiger partial charge in [-0.15, -0.1) is 0 Å². The molecule has 2 aromatic heterocycles. The summed E-state index contributed by atoms with van der Waals surface area (Å²) in [5, 5.41) is 11.0. The molecule has 0 aliphatic rings. The van der Waals surface area contributed by atoms with Crippen LogP contribution in [-0.2, 0) is 20.0 Å². The van der Waals surface area contributed by atoms with Gasteiger partial charge in [0.25, 0.3) is 5.91 Å². The van der Waals surface area contributed by atoms with Crippen LogP contribution >= 0.6 is 0 Å². The van der Waals surface area contributed by atoms with Gasteiger partial charge in [0.2, 0.25) is 0 Å². The van der Waals surface area contributed by atoms with Crippen molar-refractivity contribution in [3.8, 4) is 0 Å². The maximum atomic E-state index is 12.0. The first-order chi connectivity index (χ1) is 9.11. The lowest BCUT2D eigenvalue weighted by Crippen LogP contribution is -2.29. The molecule has 8 heteroatoms. The maximum absolute atomic E-state index is 12.0. The second-order valence-corrected chi connectivity index (χ2v) is 4.10. The fourth-order valence-corrected chi connectivity index (χ4v) is 1.76. The van der Waals surface area contributed by atoms with E-state index >= 15 is 0 Å². The number of aryl methyl sites for hydroxylation is 2. The van der Waals surface area contributed by atoms with E-state index in [0.29, 0.717) is 36.7 Å². The number of carbonyl (C=O) groups excluding carboxylic acids is 1. The number of nitrogens with one attached hydrogen (secondary N) is 1. The summed E-state index contributed by atoms with van der Waals surface area (Å²) in [6, 6.07) is 0. The summed E-state index contributed by atoms with van der Waals surface area (Å²) in [6.07, 6.45) is 3.69. The average molecular weight is 263 g/mol. The van der Waals surface area contributed by atoms with E-state index in [4.69, 9.17) is 5.73 Å². The molecule has 0 aliphatic heterocycles. The minimum atomic E-state index is -0.229. The van der Waals surface area contributed by atoms with Gasteiger partial charge in [-0.3, -0.25) is 14.2 Å². The number of rotatable bonds is 5. The molecule has 0 saturated heterocycles. The smallest absolute Gasteiger partial charge is 0.271 e. The van der Waals surface area contributed by atoms with Gasteiger partial charge in [-0.1, -0.05) is 0 Å². The second-order valence-electron chi connectivity index (χ2n) is 4.10. The minimum absolute atomic E-state index is 0.229. The predicted octanol–water partition coefficient (Wildman–Crippen LogP) is -0.414. The quantitative estimate of drug-likeness (QED) is 0.763. The van der Waals surface area contributed by atoms with Crippen LogP contribution in [0.4, 0.5) is 5.69 Å². The topological polar surface area (TPSA) is 104 Å². The van der Waals surface area contributed by atoms with E-state index in [9.17, 15) is 4.79 Å². The van der Waals surface area contributed by atoms with Crippen molar-refractivity contribution < 1.29 is 4.79 Å². The molecule has 2 heterocycles. The van der Waals surface area contributed by atoms with Crippen LogP contribution in [0.5, 0.6) is 0 Å². The molecular weight excluding hydrogens is 246 g/mol. The number of anilines is 1. The van der Waals surface area contributed by atoms with Gasteiger partial charge in [0.05, 0.1) is 11.9 Å². The Morgan fingerprint density at radius 1 is 1.53 bits per heavy atom. The Morgan fingerprint density at radius 2 is 2.32 bits per heavy atom. The van der Waals surface area contributed by atoms with Crippen LogP contribution < -0.4 is 11.1 Å². The van der Waals surface area contributed by atoms with E-state index in [1.54, 1.807) is 22.7 Å². The zero-order valence-corrected chi connectivity index (χ0v) is 11.0. The first-order valence-electron chi connectivity index (χ1n) is 6.05. The Hall–Kier alpha value is -2.38. The van der Waals surface area contributed by atoms with Gasteiger partial charge in [-0.2, -0.15) is 10.2 Å². The molecule has 2 aromatic rings. The molecule has 0 aliphatic carbocycles. The van der Waals surface area contributed by atoms with Gasteiger partial charge < -0.3 is 11.1 Å². The molecule has 0 atom stereocenters. The zero-order valence-electron chi connectivity index (χ0n) is 11.0. The van der Waals surface area contributed by atoms with Crippen molar-refractivity contribution in [3.63, 3.8) is 0 Å². The van der Waals surface area contributed by atoms with Crippen molar-refractivity contribution in [2.75, 3.05) is 12.3 Å². The molecule has 3 N–H and O–H groups in total. The summed E-state index contributed by atoms with van der Waals surface area (Å²) in [4.78, 5) is 16.1. The van der Waals surface area contributed by atoms with Crippen molar-refractivity contribution in [1.29, 1.82) is 0 Å². The molecule has 0 bridgehead atoms. The summed E-state index contributed by atoms with van der Waals surface area (Å²) in [5.41, 5.74) is 6.52. The highest BCUT2D eigenvalue weighted by Gasteiger charge is 2.15. The third kappa shape index (κ3) is 2.90. The minimum Gasteiger partial charge on any atom is -0.396 e. The van der Waals surface area contributed by atoms with Crippen molar-refractivity contribution in [1.82, 2.24) is 29.9 Å². The molecule has 8 nitrogen and oxygen atoms in total. The van der Waals surface area contributed by atoms with Crippen LogP contribution in [0.2, 0.25) is 0 Å². The van der Waals surface area contributed by atoms with E-state index in [0.717, 1.165) is 0 Å². The van der Waals surface area contributed by atoms with Gasteiger partial charge in [0.1, 0.15) is 12.0 Å². The van der Waals surface area contributed by atoms with E-state index in [1.807, 2.05) is 6.92 Å². The first kappa shape index (κ1) is 13.1. The number of amides is 1. The Balaban J connectivity index is 1.92. The maximum Gasteiger partial charge on any atom is 0.271 e. The average Bonchev–Trinajstić information content (AvgIpc) is 2.95. The lowest BCUT2D eigenvalue weighted by molar-refractivity contribution is 0.0944. The Kier molecular flexibility index (Phi) is 3.79. The number of aromatic nitrogens is 5. The third-order valence-corrected chi connectivity index (χ3v) is 2.66. The molecule has 19 heavy (non-hydrogen) atoms. The molecule has 0 unspecified atom stereocenters. The lowest BCUT2D eigenvalue weighted by Gasteiger charge is -2.06. The largest absolute Gasteiger partial charge is 0.396 e. The van der Waals surface area contributed by atoms with Crippen LogP contribution in [0.3, 0.4) is 0 Å². The number of nitrogen functional groups attached to an aromatic ring is 1. The SMILES string of the molecule is CCn1ncc(N)c1C(=O)NCCc1ncn(C)n1. The van der Waals surface area contributed by atoms with E-state index < -0.39 is 0 Å². The van der Waals surface area contributed by atoms with Crippen LogP contribution in [0.25, 0.3) is 0 Å². The van der Waals surface area contributed by atoms with Crippen LogP contribution in [-0.4, -0.2) is 37.0 Å². The number of nitrogens with zero attached hydrogens (tertiary/aromatic N) is 5. The standard InChI is InChI=1S/C11H17N7O/c1-3-18-10(8(12)6-15-18)11(19)13-5-4-9-14-7-17(2)16-9/h6-7H,3-5,12H2,1-2H3,(H,13,19).